The first-order chi connectivity index (χ1) is 3.89. The molecule has 0 unspecified atom stereocenters. The van der Waals surface area contributed by atoms with Crippen LogP contribution in [-0.4, -0.2) is 5.87 Å². The van der Waals surface area contributed by atoms with E-state index >= 15 is 0 Å². The Balaban J connectivity index is 2.95. The molecule has 0 saturated carbocycles. The molecule has 0 bridgehead atoms. The molecular formula is C5H5N3. The van der Waals surface area contributed by atoms with E-state index in [1.807, 2.05) is 6.92 Å². The van der Waals surface area contributed by atoms with Gasteiger partial charge in [-0.1, -0.05) is 5.10 Å². The first-order valence-corrected chi connectivity index (χ1v) is 2.25. The van der Waals surface area contributed by atoms with Gasteiger partial charge in [0.2, 0.25) is 0 Å². The second-order valence-corrected chi connectivity index (χ2v) is 1.42. The number of allylic oxidation sites excluding steroid dienone is 2. The maximum Gasteiger partial charge on any atom is 0.0523 e. The molecule has 3 nitrogen and oxygen atoms in total. The van der Waals surface area contributed by atoms with Gasteiger partial charge in [0.25, 0.3) is 0 Å². The summed E-state index contributed by atoms with van der Waals surface area (Å²) in [4.78, 5) is 0. The summed E-state index contributed by atoms with van der Waals surface area (Å²) in [5.74, 6) is 2.64. The van der Waals surface area contributed by atoms with Crippen molar-refractivity contribution in [3.63, 3.8) is 0 Å². The van der Waals surface area contributed by atoms with Crippen molar-refractivity contribution in [1.82, 2.24) is 0 Å². The minimum Gasteiger partial charge on any atom is -0.138 e. The van der Waals surface area contributed by atoms with Gasteiger partial charge in [0.15, 0.2) is 0 Å². The Kier molecular flexibility index (Phi) is 1.35. The Bertz CT molecular complexity index is 194. The number of rotatable bonds is 0. The molecule has 1 heterocycles. The van der Waals surface area contributed by atoms with Crippen LogP contribution in [0.4, 0.5) is 0 Å². The molecule has 1 aliphatic rings. The summed E-state index contributed by atoms with van der Waals surface area (Å²) in [6, 6.07) is 0. The van der Waals surface area contributed by atoms with Crippen LogP contribution in [0.2, 0.25) is 0 Å². The van der Waals surface area contributed by atoms with E-state index in [1.54, 1.807) is 12.3 Å². The Morgan fingerprint density at radius 2 is 2.50 bits per heavy atom. The van der Waals surface area contributed by atoms with E-state index in [4.69, 9.17) is 0 Å². The monoisotopic (exact) mass is 107 g/mol. The molecule has 0 saturated heterocycles. The SMILES string of the molecule is CC1=C=NN=NC=C1. The quantitative estimate of drug-likeness (QED) is 0.450. The van der Waals surface area contributed by atoms with Gasteiger partial charge in [-0.15, -0.1) is 5.11 Å². The van der Waals surface area contributed by atoms with E-state index in [-0.39, 0.29) is 0 Å². The minimum absolute atomic E-state index is 0.940. The maximum atomic E-state index is 3.52. The summed E-state index contributed by atoms with van der Waals surface area (Å²) in [5, 5.41) is 10.3. The summed E-state index contributed by atoms with van der Waals surface area (Å²) < 4.78 is 0. The maximum absolute atomic E-state index is 3.52. The lowest BCUT2D eigenvalue weighted by molar-refractivity contribution is 1.07. The fraction of sp³-hybridized carbons (Fsp3) is 0.200. The zero-order valence-corrected chi connectivity index (χ0v) is 4.50. The molecule has 8 heavy (non-hydrogen) atoms. The van der Waals surface area contributed by atoms with Gasteiger partial charge < -0.3 is 0 Å². The van der Waals surface area contributed by atoms with Crippen LogP contribution in [0.25, 0.3) is 0 Å². The topological polar surface area (TPSA) is 37.1 Å². The first kappa shape index (κ1) is 4.94. The highest BCUT2D eigenvalue weighted by atomic mass is 15.3. The van der Waals surface area contributed by atoms with E-state index < -0.39 is 0 Å². The first-order valence-electron chi connectivity index (χ1n) is 2.25. The predicted octanol–water partition coefficient (Wildman–Crippen LogP) is 1.50. The van der Waals surface area contributed by atoms with Crippen LogP contribution in [0.3, 0.4) is 0 Å². The van der Waals surface area contributed by atoms with E-state index in [0.717, 1.165) is 5.57 Å². The molecule has 1 rings (SSSR count). The van der Waals surface area contributed by atoms with Gasteiger partial charge in [-0.25, -0.2) is 0 Å². The number of hydrogen-bond acceptors (Lipinski definition) is 3. The molecule has 0 aromatic heterocycles. The molecule has 0 amide bonds. The second kappa shape index (κ2) is 2.19. The fourth-order valence-corrected chi connectivity index (χ4v) is 0.339. The van der Waals surface area contributed by atoms with Gasteiger partial charge in [0.1, 0.15) is 0 Å². The lowest BCUT2D eigenvalue weighted by atomic mass is 10.3. The van der Waals surface area contributed by atoms with Crippen LogP contribution in [0.5, 0.6) is 0 Å². The van der Waals surface area contributed by atoms with Crippen LogP contribution in [0.1, 0.15) is 6.92 Å². The molecule has 3 heteroatoms. The van der Waals surface area contributed by atoms with Crippen molar-refractivity contribution in [1.29, 1.82) is 0 Å². The predicted molar refractivity (Wildman–Crippen MR) is 30.6 cm³/mol. The van der Waals surface area contributed by atoms with Crippen molar-refractivity contribution in [2.45, 2.75) is 6.92 Å². The van der Waals surface area contributed by atoms with Crippen molar-refractivity contribution in [3.05, 3.63) is 17.8 Å². The summed E-state index contributed by atoms with van der Waals surface area (Å²) in [7, 11) is 0. The molecule has 0 N–H and O–H groups in total. The van der Waals surface area contributed by atoms with Crippen molar-refractivity contribution in [3.8, 4) is 0 Å². The molecule has 0 aromatic rings. The molecular weight excluding hydrogens is 102 g/mol. The summed E-state index contributed by atoms with van der Waals surface area (Å²) in [6.45, 7) is 1.89. The van der Waals surface area contributed by atoms with Gasteiger partial charge in [0, 0.05) is 11.4 Å². The Labute approximate surface area is 47.1 Å². The van der Waals surface area contributed by atoms with Crippen molar-refractivity contribution >= 4 is 5.87 Å². The molecule has 0 radical (unpaired) electrons. The second-order valence-electron chi connectivity index (χ2n) is 1.42. The molecule has 0 fully saturated rings. The fourth-order valence-electron chi connectivity index (χ4n) is 0.339. The lowest BCUT2D eigenvalue weighted by Crippen LogP contribution is -1.62. The third-order valence-corrected chi connectivity index (χ3v) is 0.714. The molecule has 40 valence electrons. The summed E-state index contributed by atoms with van der Waals surface area (Å²) >= 11 is 0. The Morgan fingerprint density at radius 3 is 3.38 bits per heavy atom. The van der Waals surface area contributed by atoms with Gasteiger partial charge in [-0.05, 0) is 18.2 Å². The normalized spacial score (nSPS) is 15.9. The van der Waals surface area contributed by atoms with E-state index in [1.165, 1.54) is 0 Å². The van der Waals surface area contributed by atoms with Gasteiger partial charge in [0.05, 0.1) is 6.20 Å². The molecule has 0 atom stereocenters. The highest BCUT2D eigenvalue weighted by Crippen LogP contribution is 1.92. The largest absolute Gasteiger partial charge is 0.138 e. The van der Waals surface area contributed by atoms with Crippen LogP contribution >= 0.6 is 0 Å². The zero-order valence-electron chi connectivity index (χ0n) is 4.50. The third-order valence-electron chi connectivity index (χ3n) is 0.714. The van der Waals surface area contributed by atoms with Gasteiger partial charge in [-0.2, -0.15) is 0 Å². The Hall–Kier alpha value is -1.21. The molecule has 0 aliphatic carbocycles. The van der Waals surface area contributed by atoms with Crippen LogP contribution in [0.15, 0.2) is 33.3 Å². The average Bonchev–Trinajstić information content (AvgIpc) is 1.94. The molecule has 1 aliphatic heterocycles. The number of nitrogens with zero attached hydrogens (tertiary/aromatic N) is 3. The summed E-state index contributed by atoms with van der Waals surface area (Å²) in [5.41, 5.74) is 0.940. The van der Waals surface area contributed by atoms with E-state index in [0.29, 0.717) is 0 Å². The smallest absolute Gasteiger partial charge is 0.0523 e. The third kappa shape index (κ3) is 1.13. The van der Waals surface area contributed by atoms with Crippen LogP contribution < -0.4 is 0 Å². The lowest BCUT2D eigenvalue weighted by Gasteiger charge is -1.72. The van der Waals surface area contributed by atoms with Crippen molar-refractivity contribution < 1.29 is 0 Å². The van der Waals surface area contributed by atoms with E-state index in [9.17, 15) is 0 Å². The summed E-state index contributed by atoms with van der Waals surface area (Å²) in [6.07, 6.45) is 3.37. The molecule has 0 spiro atoms. The highest BCUT2D eigenvalue weighted by Gasteiger charge is 1.78. The van der Waals surface area contributed by atoms with E-state index in [2.05, 4.69) is 21.3 Å². The van der Waals surface area contributed by atoms with Crippen molar-refractivity contribution in [2.24, 2.45) is 15.4 Å². The van der Waals surface area contributed by atoms with Crippen LogP contribution in [0, 0.1) is 0 Å². The van der Waals surface area contributed by atoms with Gasteiger partial charge in [-0.3, -0.25) is 0 Å². The number of hydrogen-bond donors (Lipinski definition) is 0. The average molecular weight is 107 g/mol. The zero-order chi connectivity index (χ0) is 5.82. The Morgan fingerprint density at radius 1 is 1.62 bits per heavy atom. The minimum atomic E-state index is 0.940. The highest BCUT2D eigenvalue weighted by molar-refractivity contribution is 5.60. The van der Waals surface area contributed by atoms with Crippen LogP contribution in [-0.2, 0) is 0 Å². The van der Waals surface area contributed by atoms with Crippen molar-refractivity contribution in [2.75, 3.05) is 0 Å². The standard InChI is InChI=1S/C5H5N3/c1-5-2-3-6-8-7-4-5/h2-3H,1H3. The van der Waals surface area contributed by atoms with Gasteiger partial charge >= 0.3 is 0 Å². The molecule has 0 aromatic carbocycles.